The quantitative estimate of drug-likeness (QED) is 0.187. The molecular weight excluding hydrogens is 486 g/mol. The monoisotopic (exact) mass is 509 g/mol. The molecule has 1 aromatic heterocycles. The second kappa shape index (κ2) is 10.5. The van der Waals surface area contributed by atoms with Crippen LogP contribution in [0.15, 0.2) is 77.8 Å². The number of rotatable bonds is 10. The van der Waals surface area contributed by atoms with E-state index in [-0.39, 0.29) is 28.8 Å². The number of fused-ring (bicyclic) bond motifs is 1. The molecule has 0 unspecified atom stereocenters. The Morgan fingerprint density at radius 2 is 1.72 bits per heavy atom. The third kappa shape index (κ3) is 5.79. The molecule has 1 heterocycles. The van der Waals surface area contributed by atoms with Gasteiger partial charge in [-0.3, -0.25) is 19.6 Å². The van der Waals surface area contributed by atoms with Crippen molar-refractivity contribution in [3.8, 4) is 5.75 Å². The number of nitrogens with zero attached hydrogens (tertiary/aromatic N) is 1. The molecule has 4 rings (SSSR count). The van der Waals surface area contributed by atoms with E-state index in [1.54, 1.807) is 6.07 Å². The van der Waals surface area contributed by atoms with Crippen LogP contribution in [0.25, 0.3) is 10.9 Å². The van der Waals surface area contributed by atoms with Gasteiger partial charge >= 0.3 is 0 Å². The van der Waals surface area contributed by atoms with Crippen LogP contribution in [0, 0.1) is 10.1 Å². The molecule has 1 amide bonds. The maximum atomic E-state index is 12.5. The number of nitrogens with two attached hydrogens (primary N) is 1. The number of hydrogen-bond acceptors (Lipinski definition) is 7. The SMILES string of the molecule is NCCc1c[nH]c2ccc(OCC(=O)Nc3ccc(NS(=O)(=O)c4ccc([N+](=O)[O-])cc4)cc3)cc12. The van der Waals surface area contributed by atoms with Crippen LogP contribution < -0.4 is 20.5 Å². The van der Waals surface area contributed by atoms with Crippen molar-refractivity contribution in [1.29, 1.82) is 0 Å². The first-order valence-electron chi connectivity index (χ1n) is 10.9. The highest BCUT2D eigenvalue weighted by molar-refractivity contribution is 7.92. The predicted molar refractivity (Wildman–Crippen MR) is 136 cm³/mol. The van der Waals surface area contributed by atoms with Crippen molar-refractivity contribution in [1.82, 2.24) is 4.98 Å². The van der Waals surface area contributed by atoms with Crippen LogP contribution in [0.2, 0.25) is 0 Å². The molecule has 0 spiro atoms. The Labute approximate surface area is 206 Å². The van der Waals surface area contributed by atoms with Crippen molar-refractivity contribution in [2.45, 2.75) is 11.3 Å². The number of non-ortho nitro benzene ring substituents is 1. The molecule has 0 aliphatic heterocycles. The molecule has 4 aromatic rings. The number of nitro groups is 1. The average molecular weight is 510 g/mol. The summed E-state index contributed by atoms with van der Waals surface area (Å²) >= 11 is 0. The number of sulfonamides is 1. The van der Waals surface area contributed by atoms with E-state index in [4.69, 9.17) is 10.5 Å². The van der Waals surface area contributed by atoms with Gasteiger partial charge < -0.3 is 20.8 Å². The lowest BCUT2D eigenvalue weighted by Crippen LogP contribution is -2.20. The van der Waals surface area contributed by atoms with Gasteiger partial charge in [0.1, 0.15) is 5.75 Å². The van der Waals surface area contributed by atoms with Crippen molar-refractivity contribution in [2.75, 3.05) is 23.2 Å². The number of carbonyl (C=O) groups excluding carboxylic acids is 1. The number of aromatic nitrogens is 1. The molecule has 0 saturated heterocycles. The molecule has 0 aliphatic rings. The van der Waals surface area contributed by atoms with Gasteiger partial charge in [-0.05, 0) is 73.1 Å². The molecule has 186 valence electrons. The number of nitro benzene ring substituents is 1. The van der Waals surface area contributed by atoms with Crippen LogP contribution in [0.5, 0.6) is 5.75 Å². The van der Waals surface area contributed by atoms with Gasteiger partial charge in [-0.1, -0.05) is 0 Å². The summed E-state index contributed by atoms with van der Waals surface area (Å²) in [5.41, 5.74) is 8.18. The highest BCUT2D eigenvalue weighted by atomic mass is 32.2. The van der Waals surface area contributed by atoms with E-state index in [9.17, 15) is 23.3 Å². The topological polar surface area (TPSA) is 169 Å². The zero-order valence-electron chi connectivity index (χ0n) is 18.9. The molecular formula is C24H23N5O6S. The fourth-order valence-corrected chi connectivity index (χ4v) is 4.60. The second-order valence-electron chi connectivity index (χ2n) is 7.83. The Bertz CT molecular complexity index is 1500. The van der Waals surface area contributed by atoms with E-state index in [0.717, 1.165) is 47.2 Å². The molecule has 0 fully saturated rings. The number of H-pyrrole nitrogens is 1. The van der Waals surface area contributed by atoms with Gasteiger partial charge in [0.15, 0.2) is 6.61 Å². The number of carbonyl (C=O) groups is 1. The first-order valence-corrected chi connectivity index (χ1v) is 12.3. The first kappa shape index (κ1) is 24.7. The number of anilines is 2. The van der Waals surface area contributed by atoms with Crippen LogP contribution >= 0.6 is 0 Å². The molecule has 12 heteroatoms. The number of hydrogen-bond donors (Lipinski definition) is 4. The molecule has 5 N–H and O–H groups in total. The molecule has 0 radical (unpaired) electrons. The third-order valence-electron chi connectivity index (χ3n) is 5.30. The Balaban J connectivity index is 1.33. The van der Waals surface area contributed by atoms with Crippen molar-refractivity contribution in [3.63, 3.8) is 0 Å². The Hall–Kier alpha value is -4.42. The Kier molecular flexibility index (Phi) is 7.17. The molecule has 0 aliphatic carbocycles. The minimum atomic E-state index is -3.94. The van der Waals surface area contributed by atoms with E-state index in [0.29, 0.717) is 18.0 Å². The summed E-state index contributed by atoms with van der Waals surface area (Å²) in [7, 11) is -3.94. The zero-order chi connectivity index (χ0) is 25.7. The fraction of sp³-hybridized carbons (Fsp3) is 0.125. The maximum absolute atomic E-state index is 12.5. The van der Waals surface area contributed by atoms with Crippen LogP contribution in [0.1, 0.15) is 5.56 Å². The van der Waals surface area contributed by atoms with E-state index in [2.05, 4.69) is 15.0 Å². The van der Waals surface area contributed by atoms with Crippen molar-refractivity contribution in [2.24, 2.45) is 5.73 Å². The number of nitrogens with one attached hydrogen (secondary N) is 3. The summed E-state index contributed by atoms with van der Waals surface area (Å²) in [5, 5.41) is 14.4. The lowest BCUT2D eigenvalue weighted by atomic mass is 10.1. The Morgan fingerprint density at radius 1 is 1.03 bits per heavy atom. The van der Waals surface area contributed by atoms with Gasteiger partial charge in [0.25, 0.3) is 21.6 Å². The summed E-state index contributed by atoms with van der Waals surface area (Å²) in [4.78, 5) is 25.5. The number of aromatic amines is 1. The van der Waals surface area contributed by atoms with Crippen LogP contribution in [0.4, 0.5) is 17.1 Å². The van der Waals surface area contributed by atoms with Gasteiger partial charge in [0.2, 0.25) is 0 Å². The highest BCUT2D eigenvalue weighted by Gasteiger charge is 2.16. The van der Waals surface area contributed by atoms with Crippen LogP contribution in [-0.2, 0) is 21.2 Å². The van der Waals surface area contributed by atoms with Crippen molar-refractivity contribution in [3.05, 3.63) is 88.6 Å². The smallest absolute Gasteiger partial charge is 0.269 e. The normalized spacial score (nSPS) is 11.2. The molecule has 11 nitrogen and oxygen atoms in total. The molecule has 3 aromatic carbocycles. The van der Waals surface area contributed by atoms with E-state index in [1.165, 1.54) is 24.3 Å². The van der Waals surface area contributed by atoms with Crippen LogP contribution in [0.3, 0.4) is 0 Å². The average Bonchev–Trinajstić information content (AvgIpc) is 3.26. The standard InChI is InChI=1S/C24H23N5O6S/c25-12-11-16-14-26-23-10-7-20(13-22(16)23)35-15-24(30)27-17-1-3-18(4-2-17)28-36(33,34)21-8-5-19(6-9-21)29(31)32/h1-10,13-14,26,28H,11-12,15,25H2,(H,27,30). The number of ether oxygens (including phenoxy) is 1. The van der Waals surface area contributed by atoms with Crippen molar-refractivity contribution < 1.29 is 22.9 Å². The minimum absolute atomic E-state index is 0.115. The number of amides is 1. The second-order valence-corrected chi connectivity index (χ2v) is 9.51. The highest BCUT2D eigenvalue weighted by Crippen LogP contribution is 2.24. The van der Waals surface area contributed by atoms with Gasteiger partial charge in [-0.25, -0.2) is 8.42 Å². The van der Waals surface area contributed by atoms with Gasteiger partial charge in [0, 0.05) is 40.6 Å². The summed E-state index contributed by atoms with van der Waals surface area (Å²) in [6, 6.07) is 16.1. The summed E-state index contributed by atoms with van der Waals surface area (Å²) in [6.07, 6.45) is 2.63. The largest absolute Gasteiger partial charge is 0.484 e. The van der Waals surface area contributed by atoms with Gasteiger partial charge in [-0.2, -0.15) is 0 Å². The summed E-state index contributed by atoms with van der Waals surface area (Å²) in [5.74, 6) is 0.164. The maximum Gasteiger partial charge on any atom is 0.269 e. The molecule has 36 heavy (non-hydrogen) atoms. The van der Waals surface area contributed by atoms with E-state index < -0.39 is 14.9 Å². The molecule has 0 bridgehead atoms. The lowest BCUT2D eigenvalue weighted by molar-refractivity contribution is -0.384. The summed E-state index contributed by atoms with van der Waals surface area (Å²) in [6.45, 7) is 0.314. The van der Waals surface area contributed by atoms with Gasteiger partial charge in [-0.15, -0.1) is 0 Å². The fourth-order valence-electron chi connectivity index (χ4n) is 3.54. The Morgan fingerprint density at radius 3 is 2.39 bits per heavy atom. The zero-order valence-corrected chi connectivity index (χ0v) is 19.7. The van der Waals surface area contributed by atoms with Crippen LogP contribution in [-0.4, -0.2) is 37.4 Å². The predicted octanol–water partition coefficient (Wildman–Crippen LogP) is 3.40. The summed E-state index contributed by atoms with van der Waals surface area (Å²) < 4.78 is 33.0. The van der Waals surface area contributed by atoms with Crippen molar-refractivity contribution >= 4 is 43.9 Å². The first-order chi connectivity index (χ1) is 17.2. The molecule has 0 atom stereocenters. The van der Waals surface area contributed by atoms with Gasteiger partial charge in [0.05, 0.1) is 9.82 Å². The lowest BCUT2D eigenvalue weighted by Gasteiger charge is -2.10. The van der Waals surface area contributed by atoms with E-state index in [1.807, 2.05) is 18.3 Å². The minimum Gasteiger partial charge on any atom is -0.484 e. The third-order valence-corrected chi connectivity index (χ3v) is 6.70. The molecule has 0 saturated carbocycles. The number of benzene rings is 3. The van der Waals surface area contributed by atoms with E-state index >= 15 is 0 Å².